The topological polar surface area (TPSA) is 69.8 Å². The molecule has 1 aliphatic carbocycles. The minimum Gasteiger partial charge on any atom is -0.392 e. The molecule has 0 radical (unpaired) electrons. The maximum Gasteiger partial charge on any atom is 0.292 e. The summed E-state index contributed by atoms with van der Waals surface area (Å²) in [6.45, 7) is 2.91. The van der Waals surface area contributed by atoms with Crippen LogP contribution in [0.2, 0.25) is 0 Å². The molecule has 0 bridgehead atoms. The Hall–Kier alpha value is -3.22. The quantitative estimate of drug-likeness (QED) is 0.529. The number of hydrogen-bond acceptors (Lipinski definition) is 5. The fourth-order valence-corrected chi connectivity index (χ4v) is 4.82. The number of aliphatic hydroxyl groups is 1. The normalized spacial score (nSPS) is 16.4. The second-order valence-corrected chi connectivity index (χ2v) is 7.84. The Bertz CT molecular complexity index is 1060. The fourth-order valence-electron chi connectivity index (χ4n) is 4.82. The number of nitrogens with zero attached hydrogens (tertiary/aromatic N) is 3. The van der Waals surface area contributed by atoms with E-state index in [-0.39, 0.29) is 23.3 Å². The summed E-state index contributed by atoms with van der Waals surface area (Å²) in [6, 6.07) is 22.2. The standard InChI is InChI=1S/C24H23N3O3/c28-16-17-9-10-22(27(29)30)23(15-17)25-11-13-26(14-12-25)24-20-7-3-1-5-18(20)19-6-2-4-8-21(19)24/h1-10,15,24,28H,11-14,16H2. The molecule has 3 aromatic carbocycles. The maximum absolute atomic E-state index is 11.5. The summed E-state index contributed by atoms with van der Waals surface area (Å²) in [4.78, 5) is 15.7. The van der Waals surface area contributed by atoms with Gasteiger partial charge in [-0.25, -0.2) is 0 Å². The summed E-state index contributed by atoms with van der Waals surface area (Å²) in [5.74, 6) is 0. The number of hydrogen-bond donors (Lipinski definition) is 1. The van der Waals surface area contributed by atoms with Crippen LogP contribution in [-0.2, 0) is 6.61 Å². The zero-order valence-corrected chi connectivity index (χ0v) is 16.6. The lowest BCUT2D eigenvalue weighted by molar-refractivity contribution is -0.384. The van der Waals surface area contributed by atoms with Crippen molar-refractivity contribution in [2.75, 3.05) is 31.1 Å². The van der Waals surface area contributed by atoms with Crippen LogP contribution in [-0.4, -0.2) is 41.1 Å². The molecule has 6 heteroatoms. The van der Waals surface area contributed by atoms with Crippen LogP contribution in [0, 0.1) is 10.1 Å². The van der Waals surface area contributed by atoms with Gasteiger partial charge >= 0.3 is 0 Å². The van der Waals surface area contributed by atoms with Crippen LogP contribution in [0.5, 0.6) is 0 Å². The first-order chi connectivity index (χ1) is 14.7. The van der Waals surface area contributed by atoms with Crippen LogP contribution in [0.1, 0.15) is 22.7 Å². The third-order valence-electron chi connectivity index (χ3n) is 6.24. The molecule has 1 fully saturated rings. The number of rotatable bonds is 4. The minimum absolute atomic E-state index is 0.0946. The van der Waals surface area contributed by atoms with E-state index in [0.717, 1.165) is 13.1 Å². The van der Waals surface area contributed by atoms with Crippen LogP contribution in [0.4, 0.5) is 11.4 Å². The van der Waals surface area contributed by atoms with Crippen LogP contribution in [0.15, 0.2) is 66.7 Å². The summed E-state index contributed by atoms with van der Waals surface area (Å²) in [5.41, 5.74) is 6.65. The smallest absolute Gasteiger partial charge is 0.292 e. The number of benzene rings is 3. The van der Waals surface area contributed by atoms with E-state index < -0.39 is 0 Å². The molecule has 0 unspecified atom stereocenters. The summed E-state index contributed by atoms with van der Waals surface area (Å²) in [7, 11) is 0. The third-order valence-corrected chi connectivity index (χ3v) is 6.24. The molecule has 6 nitrogen and oxygen atoms in total. The van der Waals surface area contributed by atoms with E-state index >= 15 is 0 Å². The molecule has 0 saturated carbocycles. The monoisotopic (exact) mass is 401 g/mol. The Kier molecular flexibility index (Phi) is 4.73. The molecule has 1 saturated heterocycles. The predicted molar refractivity (Wildman–Crippen MR) is 117 cm³/mol. The zero-order chi connectivity index (χ0) is 20.7. The number of piperazine rings is 1. The summed E-state index contributed by atoms with van der Waals surface area (Å²) < 4.78 is 0. The highest BCUT2D eigenvalue weighted by Gasteiger charge is 2.35. The molecule has 1 heterocycles. The van der Waals surface area contributed by atoms with Gasteiger partial charge in [-0.2, -0.15) is 0 Å². The average molecular weight is 401 g/mol. The van der Waals surface area contributed by atoms with Crippen molar-refractivity contribution in [3.63, 3.8) is 0 Å². The predicted octanol–water partition coefficient (Wildman–Crippen LogP) is 3.98. The number of fused-ring (bicyclic) bond motifs is 3. The van der Waals surface area contributed by atoms with Crippen molar-refractivity contribution in [2.24, 2.45) is 0 Å². The van der Waals surface area contributed by atoms with Crippen LogP contribution in [0.3, 0.4) is 0 Å². The molecule has 0 amide bonds. The van der Waals surface area contributed by atoms with Crippen molar-refractivity contribution in [1.29, 1.82) is 0 Å². The SMILES string of the molecule is O=[N+]([O-])c1ccc(CO)cc1N1CCN(C2c3ccccc3-c3ccccc32)CC1. The molecule has 5 rings (SSSR count). The Labute approximate surface area is 175 Å². The minimum atomic E-state index is -0.341. The van der Waals surface area contributed by atoms with E-state index in [1.807, 2.05) is 0 Å². The van der Waals surface area contributed by atoms with E-state index in [4.69, 9.17) is 0 Å². The number of nitro benzene ring substituents is 1. The van der Waals surface area contributed by atoms with Gasteiger partial charge in [0.25, 0.3) is 5.69 Å². The highest BCUT2D eigenvalue weighted by atomic mass is 16.6. The molecule has 0 atom stereocenters. The van der Waals surface area contributed by atoms with Crippen molar-refractivity contribution in [3.8, 4) is 11.1 Å². The average Bonchev–Trinajstić information content (AvgIpc) is 3.13. The summed E-state index contributed by atoms with van der Waals surface area (Å²) >= 11 is 0. The van der Waals surface area contributed by atoms with Gasteiger partial charge in [0.15, 0.2) is 0 Å². The van der Waals surface area contributed by atoms with Gasteiger partial charge in [0.2, 0.25) is 0 Å². The molecular weight excluding hydrogens is 378 g/mol. The number of anilines is 1. The molecule has 30 heavy (non-hydrogen) atoms. The van der Waals surface area contributed by atoms with Gasteiger partial charge in [-0.3, -0.25) is 15.0 Å². The first-order valence-corrected chi connectivity index (χ1v) is 10.2. The molecule has 152 valence electrons. The van der Waals surface area contributed by atoms with Gasteiger partial charge in [-0.15, -0.1) is 0 Å². The van der Waals surface area contributed by atoms with Gasteiger partial charge in [0.05, 0.1) is 17.6 Å². The van der Waals surface area contributed by atoms with E-state index in [2.05, 4.69) is 58.3 Å². The van der Waals surface area contributed by atoms with Gasteiger partial charge in [0, 0.05) is 32.2 Å². The van der Waals surface area contributed by atoms with Crippen molar-refractivity contribution >= 4 is 11.4 Å². The Morgan fingerprint density at radius 1 is 0.900 bits per heavy atom. The molecule has 0 spiro atoms. The van der Waals surface area contributed by atoms with Crippen molar-refractivity contribution in [2.45, 2.75) is 12.6 Å². The lowest BCUT2D eigenvalue weighted by Crippen LogP contribution is -2.47. The van der Waals surface area contributed by atoms with Gasteiger partial charge < -0.3 is 10.0 Å². The largest absolute Gasteiger partial charge is 0.392 e. The first-order valence-electron chi connectivity index (χ1n) is 10.2. The summed E-state index contributed by atoms with van der Waals surface area (Å²) in [6.07, 6.45) is 0. The van der Waals surface area contributed by atoms with Crippen molar-refractivity contribution in [3.05, 3.63) is 93.5 Å². The Balaban J connectivity index is 1.42. The van der Waals surface area contributed by atoms with Gasteiger partial charge in [-0.05, 0) is 39.9 Å². The molecular formula is C24H23N3O3. The lowest BCUT2D eigenvalue weighted by Gasteiger charge is -2.39. The van der Waals surface area contributed by atoms with E-state index in [1.165, 1.54) is 28.3 Å². The molecule has 3 aromatic rings. The maximum atomic E-state index is 11.5. The molecule has 1 N–H and O–H groups in total. The summed E-state index contributed by atoms with van der Waals surface area (Å²) in [5, 5.41) is 21.0. The second kappa shape index (κ2) is 7.55. The van der Waals surface area contributed by atoms with Crippen molar-refractivity contribution < 1.29 is 10.0 Å². The number of nitro groups is 1. The van der Waals surface area contributed by atoms with Crippen LogP contribution >= 0.6 is 0 Å². The lowest BCUT2D eigenvalue weighted by atomic mass is 10.0. The molecule has 2 aliphatic rings. The second-order valence-electron chi connectivity index (χ2n) is 7.84. The van der Waals surface area contributed by atoms with Crippen LogP contribution < -0.4 is 4.90 Å². The van der Waals surface area contributed by atoms with Gasteiger partial charge in [0.1, 0.15) is 5.69 Å². The van der Waals surface area contributed by atoms with E-state index in [0.29, 0.717) is 24.3 Å². The third kappa shape index (κ3) is 3.05. The van der Waals surface area contributed by atoms with E-state index in [1.54, 1.807) is 12.1 Å². The molecule has 1 aliphatic heterocycles. The fraction of sp³-hybridized carbons (Fsp3) is 0.250. The van der Waals surface area contributed by atoms with Gasteiger partial charge in [-0.1, -0.05) is 48.5 Å². The zero-order valence-electron chi connectivity index (χ0n) is 16.6. The Morgan fingerprint density at radius 3 is 2.07 bits per heavy atom. The first kappa shape index (κ1) is 18.8. The van der Waals surface area contributed by atoms with E-state index in [9.17, 15) is 15.2 Å². The highest BCUT2D eigenvalue weighted by Crippen LogP contribution is 2.46. The highest BCUT2D eigenvalue weighted by molar-refractivity contribution is 5.78. The number of aliphatic hydroxyl groups excluding tert-OH is 1. The Morgan fingerprint density at radius 2 is 1.50 bits per heavy atom. The van der Waals surface area contributed by atoms with Crippen molar-refractivity contribution in [1.82, 2.24) is 4.90 Å². The van der Waals surface area contributed by atoms with Crippen LogP contribution in [0.25, 0.3) is 11.1 Å². The molecule has 0 aromatic heterocycles.